The van der Waals surface area contributed by atoms with Gasteiger partial charge in [-0.15, -0.1) is 0 Å². The van der Waals surface area contributed by atoms with Crippen LogP contribution in [0.25, 0.3) is 11.4 Å². The summed E-state index contributed by atoms with van der Waals surface area (Å²) in [7, 11) is 1.64. The van der Waals surface area contributed by atoms with Crippen LogP contribution in [0.1, 0.15) is 53.9 Å². The van der Waals surface area contributed by atoms with Gasteiger partial charge >= 0.3 is 0 Å². The molecule has 0 aliphatic rings. The number of aromatic amines is 1. The molecule has 1 amide bonds. The monoisotopic (exact) mass is 447 g/mol. The zero-order valence-electron chi connectivity index (χ0n) is 19.1. The van der Waals surface area contributed by atoms with Crippen molar-refractivity contribution in [3.8, 4) is 17.1 Å². The number of benzene rings is 2. The Morgan fingerprint density at radius 3 is 2.45 bits per heavy atom. The first-order chi connectivity index (χ1) is 15.9. The Balaban J connectivity index is 2.06. The molecule has 0 saturated carbocycles. The number of amides is 1. The number of carbonyl (C=O) groups excluding carboxylic acids is 1. The molecule has 8 nitrogen and oxygen atoms in total. The first kappa shape index (κ1) is 23.7. The summed E-state index contributed by atoms with van der Waals surface area (Å²) in [4.78, 5) is 31.6. The van der Waals surface area contributed by atoms with Crippen LogP contribution in [0.4, 0.5) is 5.69 Å². The van der Waals surface area contributed by atoms with Crippen molar-refractivity contribution in [1.29, 1.82) is 5.41 Å². The summed E-state index contributed by atoms with van der Waals surface area (Å²) in [6.07, 6.45) is 1.90. The molecular weight excluding hydrogens is 418 g/mol. The SMILES string of the molecule is CCCC(=N)c1nc(-c2cc(Cc3ccc(C(N)=O)cc3)ccc2OCC)[nH]c(=O)c1NC. The Hall–Kier alpha value is -3.94. The normalized spacial score (nSPS) is 10.6. The maximum Gasteiger partial charge on any atom is 0.275 e. The Morgan fingerprint density at radius 2 is 1.85 bits per heavy atom. The Bertz CT molecular complexity index is 1220. The lowest BCUT2D eigenvalue weighted by Crippen LogP contribution is -2.20. The summed E-state index contributed by atoms with van der Waals surface area (Å²) >= 11 is 0. The fourth-order valence-corrected chi connectivity index (χ4v) is 3.60. The van der Waals surface area contributed by atoms with Gasteiger partial charge in [-0.2, -0.15) is 0 Å². The molecule has 1 heterocycles. The van der Waals surface area contributed by atoms with Crippen LogP contribution in [-0.2, 0) is 6.42 Å². The highest BCUT2D eigenvalue weighted by Gasteiger charge is 2.18. The quantitative estimate of drug-likeness (QED) is 0.351. The molecule has 0 atom stereocenters. The maximum atomic E-state index is 12.8. The van der Waals surface area contributed by atoms with Crippen LogP contribution in [0.3, 0.4) is 0 Å². The van der Waals surface area contributed by atoms with Crippen LogP contribution >= 0.6 is 0 Å². The predicted octanol–water partition coefficient (Wildman–Crippen LogP) is 3.73. The zero-order valence-corrected chi connectivity index (χ0v) is 19.1. The van der Waals surface area contributed by atoms with E-state index >= 15 is 0 Å². The van der Waals surface area contributed by atoms with E-state index in [2.05, 4.69) is 15.3 Å². The third-order valence-electron chi connectivity index (χ3n) is 5.20. The molecule has 5 N–H and O–H groups in total. The number of carbonyl (C=O) groups is 1. The van der Waals surface area contributed by atoms with Gasteiger partial charge in [0.25, 0.3) is 5.56 Å². The molecule has 3 rings (SSSR count). The minimum absolute atomic E-state index is 0.279. The number of primary amides is 1. The molecule has 0 radical (unpaired) electrons. The molecule has 0 unspecified atom stereocenters. The number of anilines is 1. The summed E-state index contributed by atoms with van der Waals surface area (Å²) in [5.41, 5.74) is 9.00. The van der Waals surface area contributed by atoms with Gasteiger partial charge in [0.05, 0.1) is 17.9 Å². The van der Waals surface area contributed by atoms with Crippen molar-refractivity contribution in [2.24, 2.45) is 5.73 Å². The van der Waals surface area contributed by atoms with Crippen molar-refractivity contribution in [1.82, 2.24) is 9.97 Å². The molecule has 0 spiro atoms. The molecule has 0 bridgehead atoms. The summed E-state index contributed by atoms with van der Waals surface area (Å²) in [5, 5.41) is 11.3. The lowest BCUT2D eigenvalue weighted by molar-refractivity contribution is 0.100. The van der Waals surface area contributed by atoms with Crippen LogP contribution in [0, 0.1) is 5.41 Å². The van der Waals surface area contributed by atoms with Gasteiger partial charge in [0.2, 0.25) is 5.91 Å². The number of nitrogens with one attached hydrogen (secondary N) is 3. The fraction of sp³-hybridized carbons (Fsp3) is 0.280. The van der Waals surface area contributed by atoms with Gasteiger partial charge in [-0.1, -0.05) is 31.5 Å². The van der Waals surface area contributed by atoms with Gasteiger partial charge < -0.3 is 26.2 Å². The average molecular weight is 448 g/mol. The van der Waals surface area contributed by atoms with E-state index in [4.69, 9.17) is 15.9 Å². The summed E-state index contributed by atoms with van der Waals surface area (Å²) in [5.74, 6) is 0.484. The molecule has 3 aromatic rings. The van der Waals surface area contributed by atoms with Crippen LogP contribution in [0.5, 0.6) is 5.75 Å². The first-order valence-electron chi connectivity index (χ1n) is 10.9. The van der Waals surface area contributed by atoms with E-state index in [1.54, 1.807) is 19.2 Å². The predicted molar refractivity (Wildman–Crippen MR) is 131 cm³/mol. The number of aromatic nitrogens is 2. The number of nitrogens with two attached hydrogens (primary N) is 1. The topological polar surface area (TPSA) is 134 Å². The van der Waals surface area contributed by atoms with E-state index in [1.807, 2.05) is 44.2 Å². The third kappa shape index (κ3) is 5.46. The van der Waals surface area contributed by atoms with Crippen LogP contribution in [0.2, 0.25) is 0 Å². The Labute approximate surface area is 192 Å². The highest BCUT2D eigenvalue weighted by molar-refractivity contribution is 6.01. The average Bonchev–Trinajstić information content (AvgIpc) is 2.80. The van der Waals surface area contributed by atoms with E-state index < -0.39 is 5.91 Å². The number of rotatable bonds is 10. The minimum Gasteiger partial charge on any atom is -0.493 e. The molecule has 0 fully saturated rings. The van der Waals surface area contributed by atoms with Gasteiger partial charge in [-0.3, -0.25) is 9.59 Å². The van der Waals surface area contributed by atoms with Crippen molar-refractivity contribution < 1.29 is 9.53 Å². The molecule has 0 aliphatic heterocycles. The second-order valence-corrected chi connectivity index (χ2v) is 7.62. The van der Waals surface area contributed by atoms with Crippen molar-refractivity contribution in [2.75, 3.05) is 19.0 Å². The second kappa shape index (κ2) is 10.6. The van der Waals surface area contributed by atoms with E-state index in [0.29, 0.717) is 53.6 Å². The molecule has 2 aromatic carbocycles. The zero-order chi connectivity index (χ0) is 24.0. The van der Waals surface area contributed by atoms with Crippen molar-refractivity contribution >= 4 is 17.3 Å². The smallest absolute Gasteiger partial charge is 0.275 e. The van der Waals surface area contributed by atoms with E-state index in [-0.39, 0.29) is 11.2 Å². The van der Waals surface area contributed by atoms with Gasteiger partial charge in [0.15, 0.2) is 0 Å². The molecular formula is C25H29N5O3. The highest BCUT2D eigenvalue weighted by Crippen LogP contribution is 2.30. The summed E-state index contributed by atoms with van der Waals surface area (Å²) in [6, 6.07) is 12.9. The Kier molecular flexibility index (Phi) is 7.61. The maximum absolute atomic E-state index is 12.8. The number of hydrogen-bond acceptors (Lipinski definition) is 6. The number of hydrogen-bond donors (Lipinski definition) is 4. The minimum atomic E-state index is -0.464. The van der Waals surface area contributed by atoms with E-state index in [0.717, 1.165) is 17.5 Å². The number of nitrogens with zero attached hydrogens (tertiary/aromatic N) is 1. The standard InChI is InChI=1S/C25H29N5O3/c1-4-6-19(26)21-22(28-3)25(32)30-24(29-21)18-14-16(9-12-20(18)33-5-2)13-15-7-10-17(11-8-15)23(27)31/h7-12,14,26,28H,4-6,13H2,1-3H3,(H2,27,31)(H,29,30,32). The molecule has 172 valence electrons. The number of H-pyrrole nitrogens is 1. The van der Waals surface area contributed by atoms with Crippen LogP contribution in [-0.4, -0.2) is 35.2 Å². The van der Waals surface area contributed by atoms with Gasteiger partial charge in [-0.25, -0.2) is 4.98 Å². The van der Waals surface area contributed by atoms with E-state index in [1.165, 1.54) is 0 Å². The molecule has 1 aromatic heterocycles. The van der Waals surface area contributed by atoms with Crippen molar-refractivity contribution in [3.63, 3.8) is 0 Å². The molecule has 8 heteroatoms. The second-order valence-electron chi connectivity index (χ2n) is 7.62. The van der Waals surface area contributed by atoms with Crippen molar-refractivity contribution in [3.05, 3.63) is 75.2 Å². The molecule has 0 saturated heterocycles. The van der Waals surface area contributed by atoms with Crippen LogP contribution in [0.15, 0.2) is 47.3 Å². The van der Waals surface area contributed by atoms with Gasteiger partial charge in [-0.05, 0) is 55.2 Å². The highest BCUT2D eigenvalue weighted by atomic mass is 16.5. The fourth-order valence-electron chi connectivity index (χ4n) is 3.60. The van der Waals surface area contributed by atoms with E-state index in [9.17, 15) is 9.59 Å². The van der Waals surface area contributed by atoms with Gasteiger partial charge in [0, 0.05) is 12.6 Å². The first-order valence-corrected chi connectivity index (χ1v) is 10.9. The molecule has 0 aliphatic carbocycles. The summed E-state index contributed by atoms with van der Waals surface area (Å²) < 4.78 is 5.80. The summed E-state index contributed by atoms with van der Waals surface area (Å²) in [6.45, 7) is 4.33. The number of ether oxygens (including phenoxy) is 1. The lowest BCUT2D eigenvalue weighted by atomic mass is 10.0. The van der Waals surface area contributed by atoms with Crippen molar-refractivity contribution in [2.45, 2.75) is 33.1 Å². The van der Waals surface area contributed by atoms with Gasteiger partial charge in [0.1, 0.15) is 23.0 Å². The molecule has 33 heavy (non-hydrogen) atoms. The lowest BCUT2D eigenvalue weighted by Gasteiger charge is -2.15. The van der Waals surface area contributed by atoms with Crippen LogP contribution < -0.4 is 21.3 Å². The Morgan fingerprint density at radius 1 is 1.15 bits per heavy atom. The third-order valence-corrected chi connectivity index (χ3v) is 5.20. The largest absolute Gasteiger partial charge is 0.493 e.